The van der Waals surface area contributed by atoms with Crippen LogP contribution < -0.4 is 9.47 Å². The zero-order valence-electron chi connectivity index (χ0n) is 12.2. The molecule has 20 heavy (non-hydrogen) atoms. The maximum absolute atomic E-state index is 12.8. The zero-order valence-corrected chi connectivity index (χ0v) is 12.2. The normalized spacial score (nSPS) is 10.2. The Morgan fingerprint density at radius 1 is 0.950 bits per heavy atom. The fourth-order valence-corrected chi connectivity index (χ4v) is 2.28. The second-order valence-electron chi connectivity index (χ2n) is 4.69. The van der Waals surface area contributed by atoms with E-state index < -0.39 is 0 Å². The smallest absolute Gasteiger partial charge is 0.200 e. The van der Waals surface area contributed by atoms with Crippen molar-refractivity contribution in [1.29, 1.82) is 0 Å². The van der Waals surface area contributed by atoms with Gasteiger partial charge in [-0.2, -0.15) is 0 Å². The van der Waals surface area contributed by atoms with Crippen LogP contribution in [0.4, 0.5) is 0 Å². The Kier molecular flexibility index (Phi) is 4.08. The summed E-state index contributed by atoms with van der Waals surface area (Å²) in [6, 6.07) is 11.1. The molecule has 0 fully saturated rings. The molecule has 0 bridgehead atoms. The van der Waals surface area contributed by atoms with Crippen LogP contribution in [-0.4, -0.2) is 20.0 Å². The van der Waals surface area contributed by atoms with E-state index in [-0.39, 0.29) is 5.78 Å². The highest BCUT2D eigenvalue weighted by molar-refractivity contribution is 6.13. The van der Waals surface area contributed by atoms with Crippen molar-refractivity contribution in [2.24, 2.45) is 0 Å². The van der Waals surface area contributed by atoms with Crippen molar-refractivity contribution >= 4 is 5.78 Å². The van der Waals surface area contributed by atoms with Gasteiger partial charge in [0, 0.05) is 5.56 Å². The maximum Gasteiger partial charge on any atom is 0.200 e. The Morgan fingerprint density at radius 2 is 1.55 bits per heavy atom. The number of carbonyl (C=O) groups is 1. The molecule has 0 aliphatic heterocycles. The average Bonchev–Trinajstić information content (AvgIpc) is 2.45. The van der Waals surface area contributed by atoms with Crippen molar-refractivity contribution in [3.05, 3.63) is 58.7 Å². The van der Waals surface area contributed by atoms with E-state index in [0.717, 1.165) is 11.1 Å². The largest absolute Gasteiger partial charge is 0.496 e. The lowest BCUT2D eigenvalue weighted by atomic mass is 9.96. The third kappa shape index (κ3) is 2.52. The van der Waals surface area contributed by atoms with Crippen LogP contribution in [-0.2, 0) is 0 Å². The van der Waals surface area contributed by atoms with Gasteiger partial charge in [0.1, 0.15) is 17.1 Å². The van der Waals surface area contributed by atoms with Gasteiger partial charge in [-0.1, -0.05) is 29.8 Å². The number of ketones is 1. The van der Waals surface area contributed by atoms with Gasteiger partial charge in [0.15, 0.2) is 0 Å². The highest BCUT2D eigenvalue weighted by Crippen LogP contribution is 2.31. The fraction of sp³-hybridized carbons (Fsp3) is 0.235. The first-order valence-corrected chi connectivity index (χ1v) is 6.41. The molecule has 0 aliphatic carbocycles. The number of benzene rings is 2. The molecular weight excluding hydrogens is 252 g/mol. The summed E-state index contributed by atoms with van der Waals surface area (Å²) in [4.78, 5) is 12.8. The monoisotopic (exact) mass is 270 g/mol. The summed E-state index contributed by atoms with van der Waals surface area (Å²) in [6.45, 7) is 3.94. The standard InChI is InChI=1S/C17H18O3/c1-11-8-9-13(12(2)10-11)17(18)16-14(19-3)6-5-7-15(16)20-4/h5-10H,1-4H3. The first-order valence-electron chi connectivity index (χ1n) is 6.41. The minimum atomic E-state index is -0.0863. The minimum absolute atomic E-state index is 0.0863. The lowest BCUT2D eigenvalue weighted by Crippen LogP contribution is -2.08. The van der Waals surface area contributed by atoms with Crippen LogP contribution in [0.5, 0.6) is 11.5 Å². The molecule has 0 unspecified atom stereocenters. The SMILES string of the molecule is COc1cccc(OC)c1C(=O)c1ccc(C)cc1C. The lowest BCUT2D eigenvalue weighted by molar-refractivity contribution is 0.103. The van der Waals surface area contributed by atoms with Gasteiger partial charge in [0.25, 0.3) is 0 Å². The van der Waals surface area contributed by atoms with Crippen LogP contribution in [0.3, 0.4) is 0 Å². The summed E-state index contributed by atoms with van der Waals surface area (Å²) < 4.78 is 10.6. The van der Waals surface area contributed by atoms with Crippen molar-refractivity contribution in [2.45, 2.75) is 13.8 Å². The van der Waals surface area contributed by atoms with Gasteiger partial charge in [0.05, 0.1) is 14.2 Å². The second kappa shape index (κ2) is 5.78. The van der Waals surface area contributed by atoms with Gasteiger partial charge in [-0.25, -0.2) is 0 Å². The topological polar surface area (TPSA) is 35.5 Å². The molecular formula is C17H18O3. The Labute approximate surface area is 119 Å². The first kappa shape index (κ1) is 14.1. The summed E-state index contributed by atoms with van der Waals surface area (Å²) in [5, 5.41) is 0. The molecule has 2 rings (SSSR count). The molecule has 2 aromatic rings. The van der Waals surface area contributed by atoms with Crippen LogP contribution in [0.15, 0.2) is 36.4 Å². The molecule has 0 heterocycles. The van der Waals surface area contributed by atoms with Crippen LogP contribution in [0.2, 0.25) is 0 Å². The highest BCUT2D eigenvalue weighted by atomic mass is 16.5. The van der Waals surface area contributed by atoms with Crippen LogP contribution in [0.25, 0.3) is 0 Å². The van der Waals surface area contributed by atoms with Gasteiger partial charge in [-0.3, -0.25) is 4.79 Å². The van der Waals surface area contributed by atoms with E-state index >= 15 is 0 Å². The number of carbonyl (C=O) groups excluding carboxylic acids is 1. The molecule has 0 N–H and O–H groups in total. The number of methoxy groups -OCH3 is 2. The van der Waals surface area contributed by atoms with E-state index in [0.29, 0.717) is 22.6 Å². The number of hydrogen-bond acceptors (Lipinski definition) is 3. The molecule has 0 aliphatic rings. The molecule has 0 radical (unpaired) electrons. The van der Waals surface area contributed by atoms with E-state index in [2.05, 4.69) is 0 Å². The number of aryl methyl sites for hydroxylation is 2. The zero-order chi connectivity index (χ0) is 14.7. The molecule has 0 saturated carbocycles. The van der Waals surface area contributed by atoms with Gasteiger partial charge in [-0.15, -0.1) is 0 Å². The molecule has 104 valence electrons. The summed E-state index contributed by atoms with van der Waals surface area (Å²) in [6.07, 6.45) is 0. The quantitative estimate of drug-likeness (QED) is 0.797. The van der Waals surface area contributed by atoms with Crippen molar-refractivity contribution in [1.82, 2.24) is 0 Å². The van der Waals surface area contributed by atoms with Gasteiger partial charge < -0.3 is 9.47 Å². The molecule has 0 amide bonds. The lowest BCUT2D eigenvalue weighted by Gasteiger charge is -2.13. The fourth-order valence-electron chi connectivity index (χ4n) is 2.28. The first-order chi connectivity index (χ1) is 9.58. The van der Waals surface area contributed by atoms with Gasteiger partial charge in [0.2, 0.25) is 5.78 Å². The molecule has 3 nitrogen and oxygen atoms in total. The van der Waals surface area contributed by atoms with E-state index in [1.54, 1.807) is 32.4 Å². The molecule has 2 aromatic carbocycles. The Hall–Kier alpha value is -2.29. The van der Waals surface area contributed by atoms with Crippen molar-refractivity contribution in [2.75, 3.05) is 14.2 Å². The van der Waals surface area contributed by atoms with Crippen LogP contribution >= 0.6 is 0 Å². The molecule has 0 spiro atoms. The number of ether oxygens (including phenoxy) is 2. The van der Waals surface area contributed by atoms with Gasteiger partial charge >= 0.3 is 0 Å². The summed E-state index contributed by atoms with van der Waals surface area (Å²) in [5.74, 6) is 0.959. The predicted molar refractivity (Wildman–Crippen MR) is 78.9 cm³/mol. The van der Waals surface area contributed by atoms with Gasteiger partial charge in [-0.05, 0) is 31.5 Å². The van der Waals surface area contributed by atoms with Crippen molar-refractivity contribution in [3.63, 3.8) is 0 Å². The molecule has 0 atom stereocenters. The Morgan fingerprint density at radius 3 is 2.05 bits per heavy atom. The summed E-state index contributed by atoms with van der Waals surface area (Å²) in [7, 11) is 3.10. The second-order valence-corrected chi connectivity index (χ2v) is 4.69. The number of rotatable bonds is 4. The van der Waals surface area contributed by atoms with Crippen LogP contribution in [0.1, 0.15) is 27.0 Å². The minimum Gasteiger partial charge on any atom is -0.496 e. The maximum atomic E-state index is 12.8. The number of hydrogen-bond donors (Lipinski definition) is 0. The Bertz CT molecular complexity index is 622. The predicted octanol–water partition coefficient (Wildman–Crippen LogP) is 3.55. The Balaban J connectivity index is 2.58. The third-order valence-electron chi connectivity index (χ3n) is 3.28. The van der Waals surface area contributed by atoms with E-state index in [9.17, 15) is 4.79 Å². The molecule has 0 saturated heterocycles. The van der Waals surface area contributed by atoms with Crippen molar-refractivity contribution < 1.29 is 14.3 Å². The van der Waals surface area contributed by atoms with E-state index in [1.807, 2.05) is 32.0 Å². The van der Waals surface area contributed by atoms with E-state index in [1.165, 1.54) is 0 Å². The third-order valence-corrected chi connectivity index (χ3v) is 3.28. The molecule has 0 aromatic heterocycles. The summed E-state index contributed by atoms with van der Waals surface area (Å²) in [5.41, 5.74) is 3.21. The average molecular weight is 270 g/mol. The van der Waals surface area contributed by atoms with Crippen LogP contribution in [0, 0.1) is 13.8 Å². The van der Waals surface area contributed by atoms with E-state index in [4.69, 9.17) is 9.47 Å². The highest BCUT2D eigenvalue weighted by Gasteiger charge is 2.20. The molecule has 3 heteroatoms. The summed E-state index contributed by atoms with van der Waals surface area (Å²) >= 11 is 0. The van der Waals surface area contributed by atoms with Crippen molar-refractivity contribution in [3.8, 4) is 11.5 Å².